The first-order valence-corrected chi connectivity index (χ1v) is 5.32. The highest BCUT2D eigenvalue weighted by molar-refractivity contribution is 6.02. The molecule has 0 amide bonds. The number of alkyl halides is 10. The van der Waals surface area contributed by atoms with E-state index in [1.807, 2.05) is 0 Å². The van der Waals surface area contributed by atoms with Gasteiger partial charge in [-0.3, -0.25) is 4.79 Å². The van der Waals surface area contributed by atoms with Crippen molar-refractivity contribution in [2.75, 3.05) is 0 Å². The van der Waals surface area contributed by atoms with E-state index in [1.165, 1.54) is 0 Å². The monoisotopic (exact) mass is 358 g/mol. The minimum atomic E-state index is -6.70. The summed E-state index contributed by atoms with van der Waals surface area (Å²) < 4.78 is 126. The molecular formula is C11H4F10O2. The maximum Gasteiger partial charge on any atom is 0.573 e. The minimum absolute atomic E-state index is 0.198. The van der Waals surface area contributed by atoms with E-state index in [-0.39, 0.29) is 12.1 Å². The second kappa shape index (κ2) is 5.57. The molecule has 0 unspecified atom stereocenters. The highest BCUT2D eigenvalue weighted by Gasteiger charge is 2.76. The van der Waals surface area contributed by atoms with Gasteiger partial charge in [0.15, 0.2) is 0 Å². The van der Waals surface area contributed by atoms with Crippen molar-refractivity contribution in [3.05, 3.63) is 29.8 Å². The zero-order valence-electron chi connectivity index (χ0n) is 10.4. The predicted octanol–water partition coefficient (Wildman–Crippen LogP) is 4.60. The number of hydrogen-bond acceptors (Lipinski definition) is 2. The number of rotatable bonds is 4. The molecule has 0 radical (unpaired) electrons. The highest BCUT2D eigenvalue weighted by Crippen LogP contribution is 2.47. The molecule has 0 saturated heterocycles. The molecule has 0 bridgehead atoms. The fourth-order valence-corrected chi connectivity index (χ4v) is 1.31. The number of ether oxygens (including phenoxy) is 1. The Kier molecular flexibility index (Phi) is 4.61. The van der Waals surface area contributed by atoms with Crippen LogP contribution in [0.3, 0.4) is 0 Å². The van der Waals surface area contributed by atoms with E-state index in [0.717, 1.165) is 0 Å². The molecule has 0 saturated carbocycles. The van der Waals surface area contributed by atoms with Crippen LogP contribution in [-0.4, -0.2) is 30.2 Å². The van der Waals surface area contributed by atoms with E-state index in [0.29, 0.717) is 12.1 Å². The van der Waals surface area contributed by atoms with Gasteiger partial charge in [0.2, 0.25) is 5.78 Å². The van der Waals surface area contributed by atoms with Crippen LogP contribution in [0, 0.1) is 0 Å². The normalized spacial score (nSPS) is 13.8. The molecule has 1 rings (SSSR count). The first-order valence-electron chi connectivity index (χ1n) is 5.32. The summed E-state index contributed by atoms with van der Waals surface area (Å²) in [5, 5.41) is 0. The van der Waals surface area contributed by atoms with Crippen molar-refractivity contribution in [1.29, 1.82) is 0 Å². The Labute approximate surface area is 120 Å². The van der Waals surface area contributed by atoms with Gasteiger partial charge in [0.25, 0.3) is 0 Å². The summed E-state index contributed by atoms with van der Waals surface area (Å²) in [6.07, 6.45) is -11.9. The van der Waals surface area contributed by atoms with Crippen LogP contribution in [0.5, 0.6) is 5.75 Å². The number of benzene rings is 1. The molecule has 0 atom stereocenters. The third-order valence-corrected chi connectivity index (χ3v) is 2.39. The predicted molar refractivity (Wildman–Crippen MR) is 53.4 cm³/mol. The van der Waals surface area contributed by atoms with E-state index in [9.17, 15) is 48.7 Å². The first kappa shape index (κ1) is 19.0. The molecule has 0 aliphatic rings. The van der Waals surface area contributed by atoms with Crippen molar-refractivity contribution < 1.29 is 53.4 Å². The van der Waals surface area contributed by atoms with Crippen molar-refractivity contribution in [3.8, 4) is 5.75 Å². The molecule has 0 fully saturated rings. The third-order valence-electron chi connectivity index (χ3n) is 2.39. The van der Waals surface area contributed by atoms with Crippen LogP contribution < -0.4 is 4.74 Å². The molecule has 1 aromatic rings. The summed E-state index contributed by atoms with van der Waals surface area (Å²) in [6.45, 7) is 0. The Hall–Kier alpha value is -2.01. The van der Waals surface area contributed by atoms with Crippen LogP contribution in [0.4, 0.5) is 43.9 Å². The number of Topliss-reactive ketones (excluding diaryl/α,β-unsaturated/α-hetero) is 1. The molecule has 0 spiro atoms. The molecule has 0 heterocycles. The Bertz CT molecular complexity index is 570. The fraction of sp³-hybridized carbons (Fsp3) is 0.364. The topological polar surface area (TPSA) is 26.3 Å². The van der Waals surface area contributed by atoms with E-state index in [2.05, 4.69) is 4.74 Å². The van der Waals surface area contributed by atoms with Crippen LogP contribution in [-0.2, 0) is 0 Å². The molecule has 12 heteroatoms. The second-order valence-corrected chi connectivity index (χ2v) is 4.05. The van der Waals surface area contributed by atoms with Crippen molar-refractivity contribution in [1.82, 2.24) is 0 Å². The molecule has 0 aromatic heterocycles. The van der Waals surface area contributed by atoms with Gasteiger partial charge in [-0.05, 0) is 24.3 Å². The van der Waals surface area contributed by atoms with Gasteiger partial charge in [-0.15, -0.1) is 13.2 Å². The van der Waals surface area contributed by atoms with Crippen molar-refractivity contribution >= 4 is 5.78 Å². The van der Waals surface area contributed by atoms with Crippen LogP contribution in [0.2, 0.25) is 0 Å². The van der Waals surface area contributed by atoms with E-state index in [1.54, 1.807) is 0 Å². The van der Waals surface area contributed by atoms with E-state index in [4.69, 9.17) is 0 Å². The summed E-state index contributed by atoms with van der Waals surface area (Å²) in [5.74, 6) is -16.7. The third kappa shape index (κ3) is 3.85. The van der Waals surface area contributed by atoms with Gasteiger partial charge in [0, 0.05) is 5.56 Å². The van der Waals surface area contributed by atoms with Gasteiger partial charge in [-0.25, -0.2) is 0 Å². The lowest BCUT2D eigenvalue weighted by Gasteiger charge is -2.27. The number of carbonyl (C=O) groups excluding carboxylic acids is 1. The zero-order valence-corrected chi connectivity index (χ0v) is 10.4. The fourth-order valence-electron chi connectivity index (χ4n) is 1.31. The Balaban J connectivity index is 3.10. The number of hydrogen-bond donors (Lipinski definition) is 0. The molecule has 0 aliphatic carbocycles. The van der Waals surface area contributed by atoms with Gasteiger partial charge in [0.1, 0.15) is 5.75 Å². The summed E-state index contributed by atoms with van der Waals surface area (Å²) >= 11 is 0. The Morgan fingerprint density at radius 2 is 1.22 bits per heavy atom. The number of carbonyl (C=O) groups is 1. The average Bonchev–Trinajstić information content (AvgIpc) is 2.35. The lowest BCUT2D eigenvalue weighted by Crippen LogP contribution is -2.56. The van der Waals surface area contributed by atoms with Crippen molar-refractivity contribution in [2.45, 2.75) is 24.4 Å². The van der Waals surface area contributed by atoms with Gasteiger partial charge in [-0.2, -0.15) is 30.7 Å². The molecule has 2 nitrogen and oxygen atoms in total. The van der Waals surface area contributed by atoms with Gasteiger partial charge in [0.05, 0.1) is 0 Å². The maximum atomic E-state index is 13.1. The lowest BCUT2D eigenvalue weighted by atomic mass is 10.00. The van der Waals surface area contributed by atoms with E-state index >= 15 is 0 Å². The average molecular weight is 358 g/mol. The van der Waals surface area contributed by atoms with Gasteiger partial charge >= 0.3 is 24.4 Å². The summed E-state index contributed by atoms with van der Waals surface area (Å²) in [5.41, 5.74) is -1.35. The smallest absolute Gasteiger partial charge is 0.406 e. The SMILES string of the molecule is O=C(c1ccc(OC(F)(F)F)cc1)C(F)(F)C(F)(F)C(F)(F)F. The van der Waals surface area contributed by atoms with Crippen LogP contribution in [0.15, 0.2) is 24.3 Å². The van der Waals surface area contributed by atoms with Gasteiger partial charge in [-0.1, -0.05) is 0 Å². The minimum Gasteiger partial charge on any atom is -0.406 e. The van der Waals surface area contributed by atoms with Crippen LogP contribution in [0.1, 0.15) is 10.4 Å². The summed E-state index contributed by atoms with van der Waals surface area (Å²) in [6, 6.07) is 1.01. The van der Waals surface area contributed by atoms with Crippen LogP contribution >= 0.6 is 0 Å². The standard InChI is InChI=1S/C11H4F10O2/c12-8(13,9(14,15)10(16,17)18)7(22)5-1-3-6(4-2-5)23-11(19,20)21/h1-4H. The molecule has 0 aliphatic heterocycles. The number of halogens is 10. The Morgan fingerprint density at radius 3 is 1.57 bits per heavy atom. The second-order valence-electron chi connectivity index (χ2n) is 4.05. The van der Waals surface area contributed by atoms with Crippen LogP contribution in [0.25, 0.3) is 0 Å². The molecule has 1 aromatic carbocycles. The van der Waals surface area contributed by atoms with Crippen molar-refractivity contribution in [2.24, 2.45) is 0 Å². The van der Waals surface area contributed by atoms with E-state index < -0.39 is 41.5 Å². The zero-order chi connectivity index (χ0) is 18.3. The summed E-state index contributed by atoms with van der Waals surface area (Å²) in [4.78, 5) is 11.2. The molecule has 0 N–H and O–H groups in total. The molecule has 23 heavy (non-hydrogen) atoms. The highest BCUT2D eigenvalue weighted by atomic mass is 19.4. The largest absolute Gasteiger partial charge is 0.573 e. The van der Waals surface area contributed by atoms with Gasteiger partial charge < -0.3 is 4.74 Å². The maximum absolute atomic E-state index is 13.1. The molecular weight excluding hydrogens is 354 g/mol. The van der Waals surface area contributed by atoms with Crippen molar-refractivity contribution in [3.63, 3.8) is 0 Å². The molecule has 130 valence electrons. The lowest BCUT2D eigenvalue weighted by molar-refractivity contribution is -0.339. The number of ketones is 1. The summed E-state index contributed by atoms with van der Waals surface area (Å²) in [7, 11) is 0. The quantitative estimate of drug-likeness (QED) is 0.581. The first-order chi connectivity index (χ1) is 10.1. The Morgan fingerprint density at radius 1 is 0.783 bits per heavy atom.